The minimum absolute atomic E-state index is 0.0772. The number of benzene rings is 2. The Morgan fingerprint density at radius 1 is 1.04 bits per heavy atom. The number of aromatic hydroxyl groups is 1. The summed E-state index contributed by atoms with van der Waals surface area (Å²) in [6.45, 7) is 1.40. The maximum Gasteiger partial charge on any atom is 0.264 e. The van der Waals surface area contributed by atoms with Gasteiger partial charge in [-0.05, 0) is 18.2 Å². The smallest absolute Gasteiger partial charge is 0.264 e. The van der Waals surface area contributed by atoms with Gasteiger partial charge in [-0.2, -0.15) is 9.78 Å². The Labute approximate surface area is 154 Å². The van der Waals surface area contributed by atoms with Crippen molar-refractivity contribution in [3.8, 4) is 28.3 Å². The molecule has 2 aromatic heterocycles. The van der Waals surface area contributed by atoms with Gasteiger partial charge in [-0.1, -0.05) is 42.5 Å². The van der Waals surface area contributed by atoms with E-state index in [0.29, 0.717) is 16.6 Å². The van der Waals surface area contributed by atoms with Crippen LogP contribution in [0.25, 0.3) is 33.4 Å². The van der Waals surface area contributed by atoms with Gasteiger partial charge in [0, 0.05) is 24.9 Å². The Bertz CT molecular complexity index is 1240. The lowest BCUT2D eigenvalue weighted by molar-refractivity contribution is 0.0923. The molecule has 27 heavy (non-hydrogen) atoms. The van der Waals surface area contributed by atoms with Gasteiger partial charge in [0.2, 0.25) is 5.91 Å². The third kappa shape index (κ3) is 2.62. The lowest BCUT2D eigenvalue weighted by atomic mass is 10.1. The highest BCUT2D eigenvalue weighted by molar-refractivity contribution is 5.92. The Morgan fingerprint density at radius 3 is 2.41 bits per heavy atom. The molecular weight excluding hydrogens is 342 g/mol. The molecule has 0 amide bonds. The van der Waals surface area contributed by atoms with Crippen LogP contribution in [0.2, 0.25) is 0 Å². The van der Waals surface area contributed by atoms with Gasteiger partial charge >= 0.3 is 0 Å². The number of carbonyl (C=O) groups is 1. The monoisotopic (exact) mass is 359 g/mol. The second-order valence-electron chi connectivity index (χ2n) is 6.32. The molecule has 0 aliphatic rings. The van der Waals surface area contributed by atoms with E-state index in [1.165, 1.54) is 16.2 Å². The van der Waals surface area contributed by atoms with Crippen molar-refractivity contribution in [2.24, 2.45) is 7.05 Å². The predicted octanol–water partition coefficient (Wildman–Crippen LogP) is 3.43. The average molecular weight is 359 g/mol. The lowest BCUT2D eigenvalue weighted by Gasteiger charge is -2.10. The molecule has 4 aromatic rings. The summed E-state index contributed by atoms with van der Waals surface area (Å²) in [4.78, 5) is 25.0. The highest BCUT2D eigenvalue weighted by atomic mass is 16.3. The molecule has 0 saturated heterocycles. The number of nitrogens with zero attached hydrogens (tertiary/aromatic N) is 3. The number of fused-ring (bicyclic) bond motifs is 1. The number of para-hydroxylation sites is 1. The molecule has 6 heteroatoms. The van der Waals surface area contributed by atoms with Gasteiger partial charge in [-0.15, -0.1) is 0 Å². The van der Waals surface area contributed by atoms with Crippen molar-refractivity contribution >= 4 is 16.8 Å². The summed E-state index contributed by atoms with van der Waals surface area (Å²) in [6, 6.07) is 18.1. The zero-order valence-electron chi connectivity index (χ0n) is 14.9. The van der Waals surface area contributed by atoms with E-state index in [2.05, 4.69) is 5.10 Å². The number of aromatic nitrogens is 3. The van der Waals surface area contributed by atoms with Crippen molar-refractivity contribution in [2.75, 3.05) is 0 Å². The number of rotatable bonds is 2. The molecule has 0 spiro atoms. The summed E-state index contributed by atoms with van der Waals surface area (Å²) in [6.07, 6.45) is 0. The normalized spacial score (nSPS) is 11.0. The van der Waals surface area contributed by atoms with Crippen molar-refractivity contribution in [1.82, 2.24) is 14.3 Å². The number of pyridine rings is 1. The fourth-order valence-electron chi connectivity index (χ4n) is 3.27. The Hall–Kier alpha value is -3.67. The zero-order chi connectivity index (χ0) is 19.1. The average Bonchev–Trinajstić information content (AvgIpc) is 3.12. The number of carbonyl (C=O) groups excluding carboxylic acids is 1. The Morgan fingerprint density at radius 2 is 1.70 bits per heavy atom. The van der Waals surface area contributed by atoms with E-state index >= 15 is 0 Å². The summed E-state index contributed by atoms with van der Waals surface area (Å²) in [5, 5.41) is 15.6. The molecule has 2 aromatic carbocycles. The predicted molar refractivity (Wildman–Crippen MR) is 104 cm³/mol. The van der Waals surface area contributed by atoms with Gasteiger partial charge < -0.3 is 9.67 Å². The topological polar surface area (TPSA) is 77.1 Å². The molecule has 0 aliphatic carbocycles. The second-order valence-corrected chi connectivity index (χ2v) is 6.32. The lowest BCUT2D eigenvalue weighted by Crippen LogP contribution is -2.19. The van der Waals surface area contributed by atoms with Crippen LogP contribution in [0.5, 0.6) is 5.75 Å². The maximum atomic E-state index is 12.9. The quantitative estimate of drug-likeness (QED) is 0.595. The second kappa shape index (κ2) is 6.25. The molecule has 1 N–H and O–H groups in total. The van der Waals surface area contributed by atoms with Crippen molar-refractivity contribution in [3.63, 3.8) is 0 Å². The van der Waals surface area contributed by atoms with Crippen molar-refractivity contribution in [3.05, 3.63) is 71.0 Å². The summed E-state index contributed by atoms with van der Waals surface area (Å²) < 4.78 is 2.72. The van der Waals surface area contributed by atoms with Crippen LogP contribution in [-0.2, 0) is 7.05 Å². The summed E-state index contributed by atoms with van der Waals surface area (Å²) in [5.74, 6) is -0.418. The van der Waals surface area contributed by atoms with E-state index in [9.17, 15) is 14.7 Å². The molecule has 0 fully saturated rings. The number of hydrogen-bond donors (Lipinski definition) is 1. The van der Waals surface area contributed by atoms with Crippen LogP contribution in [0.4, 0.5) is 0 Å². The first kappa shape index (κ1) is 16.8. The van der Waals surface area contributed by atoms with Crippen LogP contribution in [0.3, 0.4) is 0 Å². The first-order valence-electron chi connectivity index (χ1n) is 8.46. The fourth-order valence-corrected chi connectivity index (χ4v) is 3.27. The van der Waals surface area contributed by atoms with E-state index in [0.717, 1.165) is 5.56 Å². The van der Waals surface area contributed by atoms with Gasteiger partial charge in [0.1, 0.15) is 17.0 Å². The van der Waals surface area contributed by atoms with Gasteiger partial charge in [0.25, 0.3) is 5.56 Å². The minimum atomic E-state index is -0.376. The molecule has 4 rings (SSSR count). The van der Waals surface area contributed by atoms with Crippen LogP contribution < -0.4 is 5.56 Å². The highest BCUT2D eigenvalue weighted by Crippen LogP contribution is 2.34. The standard InChI is InChI=1S/C21H17N3O3/c1-13(25)24-18(14-8-4-3-5-9-14)12-16(22-24)19-20(26)15-10-6-7-11-17(15)23(2)21(19)27/h3-12,26H,1-2H3. The number of aryl methyl sites for hydroxylation is 1. The molecule has 0 radical (unpaired) electrons. The highest BCUT2D eigenvalue weighted by Gasteiger charge is 2.21. The van der Waals surface area contributed by atoms with Gasteiger partial charge in [-0.25, -0.2) is 0 Å². The molecule has 0 bridgehead atoms. The van der Waals surface area contributed by atoms with Crippen LogP contribution in [0.1, 0.15) is 11.7 Å². The van der Waals surface area contributed by atoms with Gasteiger partial charge in [0.05, 0.1) is 11.2 Å². The fraction of sp³-hybridized carbons (Fsp3) is 0.0952. The van der Waals surface area contributed by atoms with Crippen LogP contribution in [0, 0.1) is 0 Å². The van der Waals surface area contributed by atoms with Crippen molar-refractivity contribution in [2.45, 2.75) is 6.92 Å². The van der Waals surface area contributed by atoms with Crippen LogP contribution in [-0.4, -0.2) is 25.4 Å². The minimum Gasteiger partial charge on any atom is -0.506 e. The van der Waals surface area contributed by atoms with Crippen LogP contribution >= 0.6 is 0 Å². The first-order chi connectivity index (χ1) is 13.0. The SMILES string of the molecule is CC(=O)n1nc(-c2c(O)c3ccccc3n(C)c2=O)cc1-c1ccccc1. The molecule has 0 unspecified atom stereocenters. The van der Waals surface area contributed by atoms with E-state index in [-0.39, 0.29) is 28.5 Å². The van der Waals surface area contributed by atoms with Crippen molar-refractivity contribution in [1.29, 1.82) is 0 Å². The molecule has 6 nitrogen and oxygen atoms in total. The van der Waals surface area contributed by atoms with Crippen LogP contribution in [0.15, 0.2) is 65.5 Å². The summed E-state index contributed by atoms with van der Waals surface area (Å²) in [5.41, 5.74) is 1.94. The van der Waals surface area contributed by atoms with Gasteiger partial charge in [-0.3, -0.25) is 9.59 Å². The third-order valence-electron chi connectivity index (χ3n) is 4.61. The van der Waals surface area contributed by atoms with Gasteiger partial charge in [0.15, 0.2) is 0 Å². The number of hydrogen-bond acceptors (Lipinski definition) is 4. The third-order valence-corrected chi connectivity index (χ3v) is 4.61. The Kier molecular flexibility index (Phi) is 3.88. The molecule has 0 aliphatic heterocycles. The molecule has 0 saturated carbocycles. The van der Waals surface area contributed by atoms with E-state index < -0.39 is 0 Å². The van der Waals surface area contributed by atoms with E-state index in [1.54, 1.807) is 37.4 Å². The molecule has 2 heterocycles. The zero-order valence-corrected chi connectivity index (χ0v) is 14.9. The summed E-state index contributed by atoms with van der Waals surface area (Å²) >= 11 is 0. The van der Waals surface area contributed by atoms with E-state index in [4.69, 9.17) is 0 Å². The maximum absolute atomic E-state index is 12.9. The molecule has 0 atom stereocenters. The first-order valence-corrected chi connectivity index (χ1v) is 8.46. The molecular formula is C21H17N3O3. The van der Waals surface area contributed by atoms with E-state index in [1.807, 2.05) is 30.3 Å². The largest absolute Gasteiger partial charge is 0.506 e. The van der Waals surface area contributed by atoms with Crippen molar-refractivity contribution < 1.29 is 9.90 Å². The summed E-state index contributed by atoms with van der Waals surface area (Å²) in [7, 11) is 1.65. The molecule has 134 valence electrons. The Balaban J connectivity index is 2.03.